The second kappa shape index (κ2) is 4.96. The topological polar surface area (TPSA) is 77.2 Å². The Bertz CT molecular complexity index is 398. The maximum Gasteiger partial charge on any atom is 0.335 e. The first-order chi connectivity index (χ1) is 7.15. The molecular formula is C10H11N3O2. The summed E-state index contributed by atoms with van der Waals surface area (Å²) in [7, 11) is 1.77. The molecule has 0 fully saturated rings. The number of hydrogen-bond donors (Lipinski definition) is 1. The van der Waals surface area contributed by atoms with E-state index in [0.29, 0.717) is 18.8 Å². The lowest BCUT2D eigenvalue weighted by atomic mass is 10.2. The number of hydrogen-bond acceptors (Lipinski definition) is 4. The summed E-state index contributed by atoms with van der Waals surface area (Å²) in [5, 5.41) is 17.2. The average molecular weight is 205 g/mol. The summed E-state index contributed by atoms with van der Waals surface area (Å²) in [6.45, 7) is 0.534. The van der Waals surface area contributed by atoms with E-state index in [2.05, 4.69) is 4.98 Å². The van der Waals surface area contributed by atoms with Crippen LogP contribution in [0.4, 0.5) is 5.82 Å². The Balaban J connectivity index is 2.81. The number of pyridine rings is 1. The van der Waals surface area contributed by atoms with Crippen molar-refractivity contribution >= 4 is 11.8 Å². The Morgan fingerprint density at radius 3 is 3.07 bits per heavy atom. The average Bonchev–Trinajstić information content (AvgIpc) is 2.26. The first kappa shape index (κ1) is 11.0. The zero-order chi connectivity index (χ0) is 11.3. The number of carboxylic acids is 1. The SMILES string of the molecule is CN(CCC#N)c1cc(C(=O)O)ccn1. The summed E-state index contributed by atoms with van der Waals surface area (Å²) >= 11 is 0. The Hall–Kier alpha value is -2.09. The lowest BCUT2D eigenvalue weighted by Crippen LogP contribution is -2.19. The van der Waals surface area contributed by atoms with Crippen molar-refractivity contribution < 1.29 is 9.90 Å². The molecule has 0 saturated heterocycles. The molecule has 1 rings (SSSR count). The fourth-order valence-corrected chi connectivity index (χ4v) is 1.09. The van der Waals surface area contributed by atoms with Crippen LogP contribution >= 0.6 is 0 Å². The van der Waals surface area contributed by atoms with Crippen LogP contribution in [0.5, 0.6) is 0 Å². The Kier molecular flexibility index (Phi) is 3.63. The monoisotopic (exact) mass is 205 g/mol. The van der Waals surface area contributed by atoms with Crippen LogP contribution in [0.2, 0.25) is 0 Å². The molecule has 5 nitrogen and oxygen atoms in total. The molecule has 0 aliphatic carbocycles. The Morgan fingerprint density at radius 2 is 2.47 bits per heavy atom. The Morgan fingerprint density at radius 1 is 1.73 bits per heavy atom. The molecule has 15 heavy (non-hydrogen) atoms. The number of nitrogens with zero attached hydrogens (tertiary/aromatic N) is 3. The molecule has 0 unspecified atom stereocenters. The van der Waals surface area contributed by atoms with E-state index >= 15 is 0 Å². The van der Waals surface area contributed by atoms with E-state index in [0.717, 1.165) is 0 Å². The number of anilines is 1. The molecule has 1 heterocycles. The predicted octanol–water partition coefficient (Wildman–Crippen LogP) is 1.13. The molecule has 0 spiro atoms. The van der Waals surface area contributed by atoms with Crippen LogP contribution in [-0.2, 0) is 0 Å². The van der Waals surface area contributed by atoms with E-state index in [1.807, 2.05) is 6.07 Å². The summed E-state index contributed by atoms with van der Waals surface area (Å²) in [6.07, 6.45) is 1.83. The van der Waals surface area contributed by atoms with E-state index in [-0.39, 0.29) is 5.56 Å². The summed E-state index contributed by atoms with van der Waals surface area (Å²) in [5.74, 6) is -0.419. The number of rotatable bonds is 4. The smallest absolute Gasteiger partial charge is 0.335 e. The van der Waals surface area contributed by atoms with E-state index in [1.54, 1.807) is 11.9 Å². The van der Waals surface area contributed by atoms with Gasteiger partial charge in [0.25, 0.3) is 0 Å². The molecule has 0 aliphatic rings. The maximum atomic E-state index is 10.7. The molecule has 5 heteroatoms. The van der Waals surface area contributed by atoms with Gasteiger partial charge in [-0.25, -0.2) is 9.78 Å². The molecule has 1 aromatic heterocycles. The quantitative estimate of drug-likeness (QED) is 0.797. The minimum Gasteiger partial charge on any atom is -0.478 e. The molecule has 1 aromatic rings. The maximum absolute atomic E-state index is 10.7. The lowest BCUT2D eigenvalue weighted by Gasteiger charge is -2.16. The van der Waals surface area contributed by atoms with Crippen molar-refractivity contribution in [1.29, 1.82) is 5.26 Å². The number of nitriles is 1. The van der Waals surface area contributed by atoms with Crippen molar-refractivity contribution in [1.82, 2.24) is 4.98 Å². The fourth-order valence-electron chi connectivity index (χ4n) is 1.09. The van der Waals surface area contributed by atoms with Gasteiger partial charge in [0.1, 0.15) is 5.82 Å². The molecule has 0 atom stereocenters. The highest BCUT2D eigenvalue weighted by Gasteiger charge is 2.06. The van der Waals surface area contributed by atoms with Gasteiger partial charge in [-0.05, 0) is 12.1 Å². The van der Waals surface area contributed by atoms with Crippen molar-refractivity contribution in [2.24, 2.45) is 0 Å². The van der Waals surface area contributed by atoms with Crippen LogP contribution in [0.25, 0.3) is 0 Å². The van der Waals surface area contributed by atoms with Crippen LogP contribution < -0.4 is 4.90 Å². The normalized spacial score (nSPS) is 9.33. The van der Waals surface area contributed by atoms with Crippen LogP contribution in [-0.4, -0.2) is 29.7 Å². The van der Waals surface area contributed by atoms with Crippen molar-refractivity contribution in [2.75, 3.05) is 18.5 Å². The third-order valence-electron chi connectivity index (χ3n) is 1.94. The van der Waals surface area contributed by atoms with Gasteiger partial charge in [0.2, 0.25) is 0 Å². The number of carboxylic acid groups (broad SMARTS) is 1. The largest absolute Gasteiger partial charge is 0.478 e. The fraction of sp³-hybridized carbons (Fsp3) is 0.300. The first-order valence-corrected chi connectivity index (χ1v) is 4.42. The van der Waals surface area contributed by atoms with Gasteiger partial charge in [-0.3, -0.25) is 0 Å². The lowest BCUT2D eigenvalue weighted by molar-refractivity contribution is 0.0697. The van der Waals surface area contributed by atoms with Gasteiger partial charge in [-0.15, -0.1) is 0 Å². The van der Waals surface area contributed by atoms with E-state index in [9.17, 15) is 4.79 Å². The second-order valence-corrected chi connectivity index (χ2v) is 3.04. The molecule has 0 aliphatic heterocycles. The molecule has 0 aromatic carbocycles. The van der Waals surface area contributed by atoms with E-state index in [4.69, 9.17) is 10.4 Å². The summed E-state index contributed by atoms with van der Waals surface area (Å²) in [5.41, 5.74) is 0.198. The highest BCUT2D eigenvalue weighted by Crippen LogP contribution is 2.11. The van der Waals surface area contributed by atoms with Gasteiger partial charge in [0.05, 0.1) is 18.1 Å². The highest BCUT2D eigenvalue weighted by atomic mass is 16.4. The summed E-state index contributed by atoms with van der Waals surface area (Å²) in [4.78, 5) is 16.5. The van der Waals surface area contributed by atoms with Gasteiger partial charge >= 0.3 is 5.97 Å². The molecule has 0 bridgehead atoms. The van der Waals surface area contributed by atoms with Crippen molar-refractivity contribution in [3.8, 4) is 6.07 Å². The third-order valence-corrected chi connectivity index (χ3v) is 1.94. The van der Waals surface area contributed by atoms with Gasteiger partial charge in [-0.2, -0.15) is 5.26 Å². The third kappa shape index (κ3) is 2.95. The minimum absolute atomic E-state index is 0.198. The second-order valence-electron chi connectivity index (χ2n) is 3.04. The zero-order valence-corrected chi connectivity index (χ0v) is 8.34. The van der Waals surface area contributed by atoms with E-state index < -0.39 is 5.97 Å². The highest BCUT2D eigenvalue weighted by molar-refractivity contribution is 5.88. The standard InChI is InChI=1S/C10H11N3O2/c1-13(6-2-4-11)9-7-8(10(14)15)3-5-12-9/h3,5,7H,2,6H2,1H3,(H,14,15). The van der Waals surface area contributed by atoms with Crippen molar-refractivity contribution in [3.05, 3.63) is 23.9 Å². The van der Waals surface area contributed by atoms with Crippen LogP contribution in [0.1, 0.15) is 16.8 Å². The first-order valence-electron chi connectivity index (χ1n) is 4.42. The Labute approximate surface area is 87.6 Å². The van der Waals surface area contributed by atoms with Gasteiger partial charge in [-0.1, -0.05) is 0 Å². The van der Waals surface area contributed by atoms with Gasteiger partial charge < -0.3 is 10.0 Å². The molecule has 78 valence electrons. The van der Waals surface area contributed by atoms with Crippen LogP contribution in [0.15, 0.2) is 18.3 Å². The number of aromatic carboxylic acids is 1. The molecule has 1 N–H and O–H groups in total. The van der Waals surface area contributed by atoms with Gasteiger partial charge in [0, 0.05) is 19.8 Å². The minimum atomic E-state index is -0.979. The molecular weight excluding hydrogens is 194 g/mol. The number of carbonyl (C=O) groups is 1. The van der Waals surface area contributed by atoms with Crippen molar-refractivity contribution in [3.63, 3.8) is 0 Å². The summed E-state index contributed by atoms with van der Waals surface area (Å²) < 4.78 is 0. The molecule has 0 saturated carbocycles. The molecule has 0 amide bonds. The van der Waals surface area contributed by atoms with Crippen molar-refractivity contribution in [2.45, 2.75) is 6.42 Å². The van der Waals surface area contributed by atoms with Crippen LogP contribution in [0, 0.1) is 11.3 Å². The van der Waals surface area contributed by atoms with Crippen LogP contribution in [0.3, 0.4) is 0 Å². The number of aromatic nitrogens is 1. The van der Waals surface area contributed by atoms with E-state index in [1.165, 1.54) is 18.3 Å². The molecule has 0 radical (unpaired) electrons. The predicted molar refractivity (Wildman–Crippen MR) is 54.7 cm³/mol. The zero-order valence-electron chi connectivity index (χ0n) is 8.34. The van der Waals surface area contributed by atoms with Gasteiger partial charge in [0.15, 0.2) is 0 Å². The summed E-state index contributed by atoms with van der Waals surface area (Å²) in [6, 6.07) is 4.94.